The van der Waals surface area contributed by atoms with Gasteiger partial charge < -0.3 is 44.6 Å². The number of carbonyl (C=O) groups is 4. The van der Waals surface area contributed by atoms with Crippen molar-refractivity contribution < 1.29 is 60.2 Å². The van der Waals surface area contributed by atoms with Gasteiger partial charge in [0.2, 0.25) is 0 Å². The van der Waals surface area contributed by atoms with Crippen LogP contribution < -0.4 is 39.9 Å². The van der Waals surface area contributed by atoms with Crippen LogP contribution in [0.1, 0.15) is 108 Å². The number of sulfonamides is 1. The zero-order valence-electron chi connectivity index (χ0n) is 44.6. The lowest BCUT2D eigenvalue weighted by Gasteiger charge is -2.27. The zero-order valence-corrected chi connectivity index (χ0v) is 46.2. The number of hydrogen-bond donors (Lipinski definition) is 4. The molecular formula is C60H64N4O13S2. The second kappa shape index (κ2) is 26.8. The van der Waals surface area contributed by atoms with Crippen LogP contribution >= 0.6 is 0 Å². The van der Waals surface area contributed by atoms with Gasteiger partial charge in [0.15, 0.2) is 23.1 Å². The number of ketones is 2. The summed E-state index contributed by atoms with van der Waals surface area (Å²) in [5.41, 5.74) is 13.7. The molecular weight excluding hydrogens is 1050 g/mol. The highest BCUT2D eigenvalue weighted by Crippen LogP contribution is 2.48. The average molecular weight is 1110 g/mol. The highest BCUT2D eigenvalue weighted by molar-refractivity contribution is 7.92. The van der Waals surface area contributed by atoms with Gasteiger partial charge in [-0.05, 0) is 152 Å². The number of aryl methyl sites for hydroxylation is 2. The molecule has 19 heteroatoms. The van der Waals surface area contributed by atoms with Crippen LogP contribution in [-0.2, 0) is 40.1 Å². The van der Waals surface area contributed by atoms with Crippen LogP contribution in [0.4, 0.5) is 22.7 Å². The Balaban J connectivity index is 1.17. The molecule has 1 unspecified atom stereocenters. The van der Waals surface area contributed by atoms with Crippen LogP contribution in [0.15, 0.2) is 143 Å². The maximum Gasteiger partial charge on any atom is 0.333 e. The Bertz CT molecular complexity index is 3380. The molecule has 6 aromatic rings. The summed E-state index contributed by atoms with van der Waals surface area (Å²) >= 11 is 0. The molecule has 0 aliphatic heterocycles. The zero-order chi connectivity index (χ0) is 56.8. The first-order chi connectivity index (χ1) is 37.8. The number of fused-ring (bicyclic) bond motifs is 2. The number of carbonyl (C=O) groups excluding carboxylic acids is 4. The molecule has 0 fully saturated rings. The predicted molar refractivity (Wildman–Crippen MR) is 304 cm³/mol. The molecule has 1 aliphatic rings. The summed E-state index contributed by atoms with van der Waals surface area (Å²) in [7, 11) is -6.45. The van der Waals surface area contributed by atoms with E-state index in [2.05, 4.69) is 22.6 Å². The fraction of sp³-hybridized carbons (Fsp3) is 0.267. The van der Waals surface area contributed by atoms with Gasteiger partial charge in [-0.3, -0.25) is 14.3 Å². The van der Waals surface area contributed by atoms with Crippen molar-refractivity contribution in [3.8, 4) is 34.5 Å². The Morgan fingerprint density at radius 1 is 0.532 bits per heavy atom. The van der Waals surface area contributed by atoms with Gasteiger partial charge in [0.05, 0.1) is 81.2 Å². The molecule has 0 spiro atoms. The molecule has 6 N–H and O–H groups in total. The minimum absolute atomic E-state index is 0.0791. The van der Waals surface area contributed by atoms with E-state index in [0.717, 1.165) is 56.1 Å². The number of esters is 2. The molecule has 0 aromatic heterocycles. The predicted octanol–water partition coefficient (Wildman–Crippen LogP) is 11.9. The third-order valence-electron chi connectivity index (χ3n) is 12.5. The summed E-state index contributed by atoms with van der Waals surface area (Å²) < 4.78 is 82.5. The molecule has 1 atom stereocenters. The largest absolute Gasteiger partial charge is 0.494 e. The molecule has 1 aliphatic carbocycles. The summed E-state index contributed by atoms with van der Waals surface area (Å²) in [6.07, 6.45) is 6.35. The van der Waals surface area contributed by atoms with E-state index in [9.17, 15) is 22.2 Å². The third kappa shape index (κ3) is 15.2. The topological polar surface area (TPSA) is 251 Å². The number of ether oxygens (including phenoxy) is 6. The molecule has 414 valence electrons. The van der Waals surface area contributed by atoms with Gasteiger partial charge in [0, 0.05) is 23.3 Å². The first-order valence-electron chi connectivity index (χ1n) is 25.6. The lowest BCUT2D eigenvalue weighted by molar-refractivity contribution is -0.139. The first-order valence-corrected chi connectivity index (χ1v) is 28.3. The Kier molecular flexibility index (Phi) is 19.7. The number of nitrogens with one attached hydrogen (secondary N) is 2. The van der Waals surface area contributed by atoms with Gasteiger partial charge in [-0.15, -0.1) is 0 Å². The minimum atomic E-state index is -4.43. The number of nitrogen functional groups attached to an aromatic ring is 2. The average Bonchev–Trinajstić information content (AvgIpc) is 3.62. The van der Waals surface area contributed by atoms with E-state index in [-0.39, 0.29) is 61.8 Å². The molecule has 0 bridgehead atoms. The van der Waals surface area contributed by atoms with Crippen LogP contribution in [0.25, 0.3) is 0 Å². The maximum atomic E-state index is 15.3. The van der Waals surface area contributed by atoms with E-state index < -0.39 is 55.6 Å². The number of unbranched alkanes of at least 4 members (excludes halogenated alkanes) is 6. The monoisotopic (exact) mass is 1110 g/mol. The fourth-order valence-electron chi connectivity index (χ4n) is 8.15. The number of rotatable bonds is 28. The van der Waals surface area contributed by atoms with E-state index in [4.69, 9.17) is 39.9 Å². The smallest absolute Gasteiger partial charge is 0.333 e. The van der Waals surface area contributed by atoms with Gasteiger partial charge in [-0.1, -0.05) is 48.6 Å². The molecule has 0 amide bonds. The van der Waals surface area contributed by atoms with Crippen molar-refractivity contribution in [2.45, 2.75) is 88.9 Å². The molecule has 7 rings (SSSR count). The van der Waals surface area contributed by atoms with Crippen molar-refractivity contribution in [2.75, 3.05) is 47.3 Å². The van der Waals surface area contributed by atoms with Crippen LogP contribution in [0, 0.1) is 13.8 Å². The van der Waals surface area contributed by atoms with E-state index in [0.29, 0.717) is 60.4 Å². The van der Waals surface area contributed by atoms with E-state index in [1.54, 1.807) is 106 Å². The lowest BCUT2D eigenvalue weighted by atomic mass is 9.80. The summed E-state index contributed by atoms with van der Waals surface area (Å²) in [5.74, 6) is -1.19. The number of anilines is 4. The number of benzene rings is 6. The second-order valence-electron chi connectivity index (χ2n) is 18.9. The van der Waals surface area contributed by atoms with Gasteiger partial charge in [-0.25, -0.2) is 22.2 Å². The van der Waals surface area contributed by atoms with Crippen LogP contribution in [0.2, 0.25) is 0 Å². The highest BCUT2D eigenvalue weighted by Gasteiger charge is 2.41. The van der Waals surface area contributed by atoms with E-state index >= 15 is 9.59 Å². The van der Waals surface area contributed by atoms with Crippen molar-refractivity contribution in [1.82, 2.24) is 0 Å². The van der Waals surface area contributed by atoms with Crippen molar-refractivity contribution in [1.29, 1.82) is 0 Å². The normalized spacial score (nSPS) is 12.1. The van der Waals surface area contributed by atoms with Crippen molar-refractivity contribution in [2.24, 2.45) is 0 Å². The molecule has 17 nitrogen and oxygen atoms in total. The summed E-state index contributed by atoms with van der Waals surface area (Å²) in [6, 6.07) is 28.7. The SMILES string of the molecule is C=C(C)C(=O)OCCCCCCOc1ccc(Oc2cc(NS(=O)c3ccc(C)cc3)c3c(c2N)C(=O)c2c(N)c(Oc4ccc(OCCCCCCOC(=O)C(=C)C)cc4)cc(NS(=O)(=O)c4ccc(C)cc4)c2C3=O)cc1. The maximum absolute atomic E-state index is 15.3. The van der Waals surface area contributed by atoms with Crippen molar-refractivity contribution in [3.05, 3.63) is 167 Å². The van der Waals surface area contributed by atoms with E-state index in [1.807, 2.05) is 6.92 Å². The van der Waals surface area contributed by atoms with Crippen LogP contribution in [0.5, 0.6) is 34.5 Å². The number of nitrogens with two attached hydrogens (primary N) is 2. The van der Waals surface area contributed by atoms with Gasteiger partial charge in [-0.2, -0.15) is 0 Å². The molecule has 6 aromatic carbocycles. The Hall–Kier alpha value is -8.42. The second-order valence-corrected chi connectivity index (χ2v) is 21.8. The minimum Gasteiger partial charge on any atom is -0.494 e. The third-order valence-corrected chi connectivity index (χ3v) is 14.9. The van der Waals surface area contributed by atoms with Gasteiger partial charge >= 0.3 is 11.9 Å². The Morgan fingerprint density at radius 2 is 0.911 bits per heavy atom. The van der Waals surface area contributed by atoms with Crippen molar-refractivity contribution >= 4 is 67.3 Å². The highest BCUT2D eigenvalue weighted by atomic mass is 32.2. The summed E-state index contributed by atoms with van der Waals surface area (Å²) in [6.45, 7) is 15.5. The quantitative estimate of drug-likeness (QED) is 0.0154. The molecule has 0 saturated heterocycles. The summed E-state index contributed by atoms with van der Waals surface area (Å²) in [4.78, 5) is 54.0. The Morgan fingerprint density at radius 3 is 1.35 bits per heavy atom. The van der Waals surface area contributed by atoms with Crippen LogP contribution in [0.3, 0.4) is 0 Å². The fourth-order valence-corrected chi connectivity index (χ4v) is 10.1. The van der Waals surface area contributed by atoms with Crippen LogP contribution in [-0.4, -0.2) is 62.6 Å². The Labute approximate surface area is 462 Å². The molecule has 0 radical (unpaired) electrons. The molecule has 0 saturated carbocycles. The lowest BCUT2D eigenvalue weighted by Crippen LogP contribution is -2.28. The van der Waals surface area contributed by atoms with Crippen molar-refractivity contribution in [3.63, 3.8) is 0 Å². The standard InChI is InChI=1S/C60H64N4O13S2/c1-37(2)59(67)74-33-13-9-7-11-31-72-41-19-23-43(24-20-41)76-49-35-47(63-78(69)45-27-15-39(5)16-28-45)51-53(55(49)61)58(66)54-52(57(51)65)48(64-79(70,71)46-29-17-40(6)18-30-46)36-50(56(54)62)77-44-25-21-42(22-26-44)73-32-12-8-10-14-34-75-60(68)38(3)4/h15-30,35-36,63-64H,1,3,7-14,31-34,61-62H2,2,4-6H3. The van der Waals surface area contributed by atoms with E-state index in [1.165, 1.54) is 24.3 Å². The first kappa shape index (κ1) is 58.3. The van der Waals surface area contributed by atoms with Gasteiger partial charge in [0.25, 0.3) is 10.0 Å². The number of hydrogen-bond acceptors (Lipinski definition) is 15. The molecule has 0 heterocycles. The van der Waals surface area contributed by atoms with Gasteiger partial charge in [0.1, 0.15) is 34.0 Å². The summed E-state index contributed by atoms with van der Waals surface area (Å²) in [5, 5.41) is 0. The molecule has 79 heavy (non-hydrogen) atoms.